The molecule has 5 aliphatic rings. The Morgan fingerprint density at radius 3 is 1.39 bits per heavy atom. The quantitative estimate of drug-likeness (QED) is 0.310. The zero-order chi connectivity index (χ0) is 27.3. The van der Waals surface area contributed by atoms with E-state index >= 15 is 0 Å². The van der Waals surface area contributed by atoms with Crippen LogP contribution in [0, 0.1) is 0 Å². The van der Waals surface area contributed by atoms with E-state index < -0.39 is 29.0 Å². The Morgan fingerprint density at radius 1 is 0.605 bits per heavy atom. The summed E-state index contributed by atoms with van der Waals surface area (Å²) >= 11 is 0. The van der Waals surface area contributed by atoms with Crippen LogP contribution in [0.5, 0.6) is 0 Å². The summed E-state index contributed by atoms with van der Waals surface area (Å²) in [7, 11) is 3.20. The van der Waals surface area contributed by atoms with E-state index in [1.807, 2.05) is 0 Å². The maximum Gasteiger partial charge on any atom is 0.333 e. The second kappa shape index (κ2) is 9.26. The standard InChI is InChI=1S/C29H26N4O5/c1-5-32-27(36)24(28(37)33(6-2)29(32)38)23(21-17-13-9-7-11-15-19(17)30(3)25(21)34)22-18-14-10-8-12-16-20(18)31(4)26(22)35/h7-16H,5-6H2,1-4H3. The summed E-state index contributed by atoms with van der Waals surface area (Å²) in [5.74, 6) is -1.67. The van der Waals surface area contributed by atoms with Gasteiger partial charge in [-0.1, -0.05) is 48.5 Å². The third-order valence-corrected chi connectivity index (χ3v) is 7.09. The van der Waals surface area contributed by atoms with Crippen LogP contribution in [0.15, 0.2) is 75.8 Å². The molecule has 9 heteroatoms. The lowest BCUT2D eigenvalue weighted by Crippen LogP contribution is -2.56. The zero-order valence-electron chi connectivity index (χ0n) is 21.5. The number of hydrogen-bond acceptors (Lipinski definition) is 5. The summed E-state index contributed by atoms with van der Waals surface area (Å²) in [6.07, 6.45) is 0. The molecule has 0 N–H and O–H groups in total. The second-order valence-corrected chi connectivity index (χ2v) is 9.03. The Labute approximate surface area is 218 Å². The Bertz CT molecular complexity index is 1600. The first kappa shape index (κ1) is 24.9. The molecule has 2 aliphatic carbocycles. The van der Waals surface area contributed by atoms with Crippen LogP contribution in [0.2, 0.25) is 0 Å². The fourth-order valence-electron chi connectivity index (χ4n) is 5.18. The number of carbonyl (C=O) groups excluding carboxylic acids is 3. The van der Waals surface area contributed by atoms with E-state index in [0.29, 0.717) is 22.5 Å². The number of carbonyl (C=O) groups is 3. The molecule has 0 aromatic rings. The summed E-state index contributed by atoms with van der Waals surface area (Å²) < 4.78 is 2.86. The lowest BCUT2D eigenvalue weighted by molar-refractivity contribution is -0.135. The Morgan fingerprint density at radius 2 is 1.00 bits per heavy atom. The van der Waals surface area contributed by atoms with Crippen LogP contribution in [0.3, 0.4) is 0 Å². The molecular formula is C29H26N4O5. The monoisotopic (exact) mass is 510 g/mol. The molecule has 0 aromatic heterocycles. The number of hydrogen-bond donors (Lipinski definition) is 0. The van der Waals surface area contributed by atoms with Crippen molar-refractivity contribution in [2.45, 2.75) is 13.8 Å². The fourth-order valence-corrected chi connectivity index (χ4v) is 5.18. The van der Waals surface area contributed by atoms with Crippen LogP contribution in [0.25, 0.3) is 28.1 Å². The van der Waals surface area contributed by atoms with Gasteiger partial charge in [0.2, 0.25) is 0 Å². The molecular weight excluding hydrogens is 484 g/mol. The van der Waals surface area contributed by atoms with Crippen molar-refractivity contribution in [3.05, 3.63) is 98.1 Å². The summed E-state index contributed by atoms with van der Waals surface area (Å²) in [6.45, 7) is 3.29. The van der Waals surface area contributed by atoms with Crippen molar-refractivity contribution in [2.75, 3.05) is 13.1 Å². The molecule has 0 unspecified atom stereocenters. The average Bonchev–Trinajstić information content (AvgIpc) is 3.14. The number of fused-ring (bicyclic) bond motifs is 2. The lowest BCUT2D eigenvalue weighted by atomic mass is 9.88. The van der Waals surface area contributed by atoms with Crippen LogP contribution in [-0.4, -0.2) is 49.9 Å². The van der Waals surface area contributed by atoms with Gasteiger partial charge in [-0.15, -0.1) is 0 Å². The van der Waals surface area contributed by atoms with Gasteiger partial charge in [-0.3, -0.25) is 29.0 Å². The van der Waals surface area contributed by atoms with Crippen LogP contribution in [0.4, 0.5) is 4.79 Å². The first-order valence-electron chi connectivity index (χ1n) is 12.3. The van der Waals surface area contributed by atoms with Crippen LogP contribution < -0.4 is 11.1 Å². The van der Waals surface area contributed by atoms with Crippen LogP contribution in [0.1, 0.15) is 25.0 Å². The third-order valence-electron chi connectivity index (χ3n) is 7.09. The molecule has 1 saturated heterocycles. The molecule has 9 nitrogen and oxygen atoms in total. The van der Waals surface area contributed by atoms with Gasteiger partial charge in [0, 0.05) is 43.9 Å². The molecule has 3 heterocycles. The predicted molar refractivity (Wildman–Crippen MR) is 143 cm³/mol. The predicted octanol–water partition coefficient (Wildman–Crippen LogP) is 2.93. The number of nitrogens with zero attached hydrogens (tertiary/aromatic N) is 4. The van der Waals surface area contributed by atoms with Gasteiger partial charge in [0.25, 0.3) is 22.9 Å². The molecule has 0 bridgehead atoms. The minimum absolute atomic E-state index is 0.0156. The minimum atomic E-state index is -0.837. The number of urea groups is 1. The maximum absolute atomic E-state index is 13.8. The number of imide groups is 2. The summed E-state index contributed by atoms with van der Waals surface area (Å²) in [4.78, 5) is 70.3. The Hall–Kier alpha value is -4.79. The van der Waals surface area contributed by atoms with Crippen molar-refractivity contribution in [1.29, 1.82) is 0 Å². The van der Waals surface area contributed by atoms with Gasteiger partial charge >= 0.3 is 6.03 Å². The average molecular weight is 511 g/mol. The highest BCUT2D eigenvalue weighted by Gasteiger charge is 2.45. The van der Waals surface area contributed by atoms with E-state index in [2.05, 4.69) is 0 Å². The van der Waals surface area contributed by atoms with Gasteiger partial charge < -0.3 is 9.13 Å². The Balaban J connectivity index is 2.03. The largest absolute Gasteiger partial charge is 0.333 e. The van der Waals surface area contributed by atoms with Crippen LogP contribution in [-0.2, 0) is 23.7 Å². The molecule has 0 spiro atoms. The number of aromatic nitrogens is 2. The fraction of sp³-hybridized carbons (Fsp3) is 0.207. The molecule has 192 valence electrons. The van der Waals surface area contributed by atoms with Gasteiger partial charge in [0.1, 0.15) is 5.57 Å². The molecule has 3 aliphatic heterocycles. The van der Waals surface area contributed by atoms with Gasteiger partial charge in [-0.25, -0.2) is 4.79 Å². The van der Waals surface area contributed by atoms with Gasteiger partial charge in [0.15, 0.2) is 0 Å². The summed E-state index contributed by atoms with van der Waals surface area (Å²) in [5, 5.41) is 0. The van der Waals surface area contributed by atoms with E-state index in [0.717, 1.165) is 9.80 Å². The summed E-state index contributed by atoms with van der Waals surface area (Å²) in [6, 6.07) is 16.9. The highest BCUT2D eigenvalue weighted by Crippen LogP contribution is 2.39. The molecule has 0 atom stereocenters. The third kappa shape index (κ3) is 3.42. The maximum atomic E-state index is 13.8. The van der Waals surface area contributed by atoms with E-state index in [4.69, 9.17) is 0 Å². The normalized spacial score (nSPS) is 14.2. The zero-order valence-corrected chi connectivity index (χ0v) is 21.5. The number of amides is 4. The second-order valence-electron chi connectivity index (χ2n) is 9.03. The number of rotatable bonds is 4. The van der Waals surface area contributed by atoms with E-state index in [-0.39, 0.29) is 35.4 Å². The minimum Gasteiger partial charge on any atom is -0.311 e. The highest BCUT2D eigenvalue weighted by atomic mass is 16.2. The van der Waals surface area contributed by atoms with Crippen molar-refractivity contribution >= 4 is 23.4 Å². The molecule has 5 rings (SSSR count). The van der Waals surface area contributed by atoms with Gasteiger partial charge in [-0.2, -0.15) is 0 Å². The molecule has 4 amide bonds. The Kier molecular flexibility index (Phi) is 6.06. The first-order valence-corrected chi connectivity index (χ1v) is 12.3. The van der Waals surface area contributed by atoms with E-state index in [1.54, 1.807) is 88.6 Å². The van der Waals surface area contributed by atoms with Crippen molar-refractivity contribution < 1.29 is 14.4 Å². The molecule has 38 heavy (non-hydrogen) atoms. The molecule has 1 fully saturated rings. The number of likely N-dealkylation sites (N-methyl/N-ethyl adjacent to an activating group) is 2. The number of barbiturate groups is 1. The van der Waals surface area contributed by atoms with Crippen molar-refractivity contribution in [3.8, 4) is 22.5 Å². The van der Waals surface area contributed by atoms with Crippen molar-refractivity contribution in [2.24, 2.45) is 14.1 Å². The van der Waals surface area contributed by atoms with Crippen molar-refractivity contribution in [3.63, 3.8) is 0 Å². The molecule has 0 aromatic carbocycles. The molecule has 0 saturated carbocycles. The summed E-state index contributed by atoms with van der Waals surface area (Å²) in [5.41, 5.74) is 0.851. The van der Waals surface area contributed by atoms with E-state index in [1.165, 1.54) is 9.13 Å². The first-order chi connectivity index (χ1) is 18.2. The lowest BCUT2D eigenvalue weighted by Gasteiger charge is -2.33. The van der Waals surface area contributed by atoms with Gasteiger partial charge in [-0.05, 0) is 26.0 Å². The van der Waals surface area contributed by atoms with Crippen molar-refractivity contribution in [1.82, 2.24) is 18.9 Å². The highest BCUT2D eigenvalue weighted by molar-refractivity contribution is 6.33. The topological polar surface area (TPSA) is 102 Å². The van der Waals surface area contributed by atoms with E-state index in [9.17, 15) is 24.0 Å². The smallest absolute Gasteiger partial charge is 0.311 e. The molecule has 0 radical (unpaired) electrons. The van der Waals surface area contributed by atoms with Gasteiger partial charge in [0.05, 0.1) is 22.5 Å². The van der Waals surface area contributed by atoms with Crippen LogP contribution >= 0.6 is 0 Å². The SMILES string of the molecule is CCN1C(=O)C(=C(c2c3cccccc-3n(C)c2=O)c2c3cccccc-3n(C)c2=O)C(=O)N(CC)C1=O.